The number of nitrogens with one attached hydrogen (secondary N) is 1. The van der Waals surface area contributed by atoms with Gasteiger partial charge in [-0.05, 0) is 6.42 Å². The van der Waals surface area contributed by atoms with Crippen LogP contribution in [0.4, 0.5) is 4.79 Å². The lowest BCUT2D eigenvalue weighted by atomic mass is 10.2. The molecule has 0 radical (unpaired) electrons. The summed E-state index contributed by atoms with van der Waals surface area (Å²) in [5, 5.41) is 2.83. The molecular formula is C8H18N2O2. The van der Waals surface area contributed by atoms with Crippen LogP contribution >= 0.6 is 0 Å². The van der Waals surface area contributed by atoms with Crippen molar-refractivity contribution in [3.63, 3.8) is 0 Å². The zero-order valence-corrected chi connectivity index (χ0v) is 8.26. The molecule has 0 fully saturated rings. The summed E-state index contributed by atoms with van der Waals surface area (Å²) in [6.45, 7) is 2.58. The van der Waals surface area contributed by atoms with Crippen LogP contribution in [0.25, 0.3) is 0 Å². The summed E-state index contributed by atoms with van der Waals surface area (Å²) in [7, 11) is 5.06. The van der Waals surface area contributed by atoms with Crippen LogP contribution in [0.1, 0.15) is 13.3 Å². The van der Waals surface area contributed by atoms with E-state index in [-0.39, 0.29) is 12.1 Å². The minimum atomic E-state index is -0.0705. The number of carbonyl (C=O) groups excluding carboxylic acids is 1. The fraction of sp³-hybridized carbons (Fsp3) is 0.875. The molecule has 0 heterocycles. The van der Waals surface area contributed by atoms with Gasteiger partial charge in [0, 0.05) is 21.2 Å². The normalized spacial score (nSPS) is 12.3. The topological polar surface area (TPSA) is 41.6 Å². The number of hydrogen-bond donors (Lipinski definition) is 1. The summed E-state index contributed by atoms with van der Waals surface area (Å²) < 4.78 is 4.94. The zero-order valence-electron chi connectivity index (χ0n) is 8.26. The Balaban J connectivity index is 3.77. The van der Waals surface area contributed by atoms with Crippen molar-refractivity contribution in [1.29, 1.82) is 0 Å². The van der Waals surface area contributed by atoms with Crippen LogP contribution in [-0.2, 0) is 4.74 Å². The van der Waals surface area contributed by atoms with Crippen molar-refractivity contribution in [3.05, 3.63) is 0 Å². The molecule has 1 N–H and O–H groups in total. The van der Waals surface area contributed by atoms with Gasteiger partial charge in [0.05, 0.1) is 12.6 Å². The molecule has 0 saturated heterocycles. The lowest BCUT2D eigenvalue weighted by Gasteiger charge is -2.19. The Bertz CT molecular complexity index is 137. The number of carbonyl (C=O) groups is 1. The van der Waals surface area contributed by atoms with Crippen LogP contribution in [0.5, 0.6) is 0 Å². The van der Waals surface area contributed by atoms with Gasteiger partial charge in [0.2, 0.25) is 0 Å². The fourth-order valence-electron chi connectivity index (χ4n) is 0.766. The van der Waals surface area contributed by atoms with E-state index in [1.54, 1.807) is 21.2 Å². The molecule has 12 heavy (non-hydrogen) atoms. The third-order valence-electron chi connectivity index (χ3n) is 1.59. The van der Waals surface area contributed by atoms with Gasteiger partial charge in [-0.1, -0.05) is 6.92 Å². The second kappa shape index (κ2) is 5.83. The maximum absolute atomic E-state index is 11.1. The first kappa shape index (κ1) is 11.2. The summed E-state index contributed by atoms with van der Waals surface area (Å²) in [5.74, 6) is 0. The highest BCUT2D eigenvalue weighted by Crippen LogP contribution is 1.92. The standard InChI is InChI=1S/C8H18N2O2/c1-5-7(6-12-4)9-8(11)10(2)3/h7H,5-6H2,1-4H3,(H,9,11). The minimum Gasteiger partial charge on any atom is -0.383 e. The van der Waals surface area contributed by atoms with Gasteiger partial charge >= 0.3 is 6.03 Å². The van der Waals surface area contributed by atoms with E-state index in [4.69, 9.17) is 4.74 Å². The first-order valence-electron chi connectivity index (χ1n) is 4.08. The average Bonchev–Trinajstić information content (AvgIpc) is 2.03. The second-order valence-electron chi connectivity index (χ2n) is 2.90. The number of nitrogens with zero attached hydrogens (tertiary/aromatic N) is 1. The molecule has 0 aliphatic rings. The lowest BCUT2D eigenvalue weighted by molar-refractivity contribution is 0.158. The smallest absolute Gasteiger partial charge is 0.317 e. The quantitative estimate of drug-likeness (QED) is 0.681. The van der Waals surface area contributed by atoms with Gasteiger partial charge in [0.15, 0.2) is 0 Å². The molecule has 1 unspecified atom stereocenters. The SMILES string of the molecule is CCC(COC)NC(=O)N(C)C. The summed E-state index contributed by atoms with van der Waals surface area (Å²) in [6.07, 6.45) is 0.882. The summed E-state index contributed by atoms with van der Waals surface area (Å²) in [5.41, 5.74) is 0. The van der Waals surface area contributed by atoms with Gasteiger partial charge in [0.25, 0.3) is 0 Å². The molecule has 0 aromatic rings. The van der Waals surface area contributed by atoms with E-state index >= 15 is 0 Å². The van der Waals surface area contributed by atoms with Gasteiger partial charge < -0.3 is 15.0 Å². The minimum absolute atomic E-state index is 0.0705. The Hall–Kier alpha value is -0.770. The molecule has 0 rings (SSSR count). The molecule has 4 heteroatoms. The Labute approximate surface area is 73.9 Å². The number of ether oxygens (including phenoxy) is 1. The monoisotopic (exact) mass is 174 g/mol. The third kappa shape index (κ3) is 4.18. The third-order valence-corrected chi connectivity index (χ3v) is 1.59. The van der Waals surface area contributed by atoms with Crippen LogP contribution < -0.4 is 5.32 Å². The largest absolute Gasteiger partial charge is 0.383 e. The Morgan fingerprint density at radius 1 is 1.58 bits per heavy atom. The molecular weight excluding hydrogens is 156 g/mol. The van der Waals surface area contributed by atoms with Crippen molar-refractivity contribution in [2.24, 2.45) is 0 Å². The van der Waals surface area contributed by atoms with Gasteiger partial charge in [-0.15, -0.1) is 0 Å². The summed E-state index contributed by atoms with van der Waals surface area (Å²) in [6, 6.07) is 0.0452. The first-order chi connectivity index (χ1) is 5.61. The molecule has 0 saturated carbocycles. The van der Waals surface area contributed by atoms with Crippen LogP contribution in [0, 0.1) is 0 Å². The van der Waals surface area contributed by atoms with E-state index in [0.29, 0.717) is 6.61 Å². The van der Waals surface area contributed by atoms with E-state index in [0.717, 1.165) is 6.42 Å². The van der Waals surface area contributed by atoms with Gasteiger partial charge in [-0.3, -0.25) is 0 Å². The summed E-state index contributed by atoms with van der Waals surface area (Å²) in [4.78, 5) is 12.7. The summed E-state index contributed by atoms with van der Waals surface area (Å²) >= 11 is 0. The van der Waals surface area contributed by atoms with Gasteiger partial charge in [0.1, 0.15) is 0 Å². The van der Waals surface area contributed by atoms with Gasteiger partial charge in [-0.25, -0.2) is 4.79 Å². The average molecular weight is 174 g/mol. The number of hydrogen-bond acceptors (Lipinski definition) is 2. The van der Waals surface area contributed by atoms with E-state index in [1.165, 1.54) is 4.90 Å². The molecule has 4 nitrogen and oxygen atoms in total. The maximum Gasteiger partial charge on any atom is 0.317 e. The van der Waals surface area contributed by atoms with Crippen molar-refractivity contribution < 1.29 is 9.53 Å². The van der Waals surface area contributed by atoms with Crippen LogP contribution in [0.2, 0.25) is 0 Å². The maximum atomic E-state index is 11.1. The van der Waals surface area contributed by atoms with E-state index < -0.39 is 0 Å². The molecule has 1 atom stereocenters. The van der Waals surface area contributed by atoms with Gasteiger partial charge in [-0.2, -0.15) is 0 Å². The molecule has 2 amide bonds. The number of amides is 2. The molecule has 72 valence electrons. The molecule has 0 aromatic carbocycles. The highest BCUT2D eigenvalue weighted by molar-refractivity contribution is 5.73. The number of methoxy groups -OCH3 is 1. The van der Waals surface area contributed by atoms with E-state index in [9.17, 15) is 4.79 Å². The van der Waals surface area contributed by atoms with Crippen LogP contribution in [-0.4, -0.2) is 44.8 Å². The second-order valence-corrected chi connectivity index (χ2v) is 2.90. The Kier molecular flexibility index (Phi) is 5.45. The molecule has 0 aliphatic heterocycles. The van der Waals surface area contributed by atoms with Crippen molar-refractivity contribution in [2.75, 3.05) is 27.8 Å². The number of rotatable bonds is 4. The molecule has 0 bridgehead atoms. The van der Waals surface area contributed by atoms with Crippen LogP contribution in [0.3, 0.4) is 0 Å². The molecule has 0 aliphatic carbocycles. The van der Waals surface area contributed by atoms with Crippen LogP contribution in [0.15, 0.2) is 0 Å². The highest BCUT2D eigenvalue weighted by Gasteiger charge is 2.10. The Morgan fingerprint density at radius 2 is 2.17 bits per heavy atom. The Morgan fingerprint density at radius 3 is 2.50 bits per heavy atom. The van der Waals surface area contributed by atoms with Crippen molar-refractivity contribution in [3.8, 4) is 0 Å². The predicted molar refractivity (Wildman–Crippen MR) is 48.2 cm³/mol. The van der Waals surface area contributed by atoms with Crippen molar-refractivity contribution in [1.82, 2.24) is 10.2 Å². The molecule has 0 aromatic heterocycles. The van der Waals surface area contributed by atoms with Crippen molar-refractivity contribution in [2.45, 2.75) is 19.4 Å². The predicted octanol–water partition coefficient (Wildman–Crippen LogP) is 0.683. The van der Waals surface area contributed by atoms with Crippen molar-refractivity contribution >= 4 is 6.03 Å². The fourth-order valence-corrected chi connectivity index (χ4v) is 0.766. The molecule has 0 spiro atoms. The first-order valence-corrected chi connectivity index (χ1v) is 4.08. The zero-order chi connectivity index (χ0) is 9.56. The van der Waals surface area contributed by atoms with E-state index in [1.807, 2.05) is 6.92 Å². The number of urea groups is 1. The lowest BCUT2D eigenvalue weighted by Crippen LogP contribution is -2.43. The van der Waals surface area contributed by atoms with E-state index in [2.05, 4.69) is 5.32 Å². The highest BCUT2D eigenvalue weighted by atomic mass is 16.5.